The van der Waals surface area contributed by atoms with Crippen molar-refractivity contribution in [3.8, 4) is 0 Å². The second-order valence-corrected chi connectivity index (χ2v) is 6.34. The van der Waals surface area contributed by atoms with Crippen LogP contribution in [0.1, 0.15) is 15.9 Å². The zero-order valence-corrected chi connectivity index (χ0v) is 14.8. The largest absolute Gasteiger partial charge is 0.336 e. The van der Waals surface area contributed by atoms with Gasteiger partial charge in [-0.25, -0.2) is 4.79 Å². The van der Waals surface area contributed by atoms with E-state index in [0.29, 0.717) is 17.8 Å². The summed E-state index contributed by atoms with van der Waals surface area (Å²) in [5.41, 5.74) is 2.26. The number of rotatable bonds is 4. The van der Waals surface area contributed by atoms with Gasteiger partial charge in [0.25, 0.3) is 5.91 Å². The van der Waals surface area contributed by atoms with Gasteiger partial charge in [0.2, 0.25) is 0 Å². The molecule has 136 valence electrons. The molecule has 2 heterocycles. The summed E-state index contributed by atoms with van der Waals surface area (Å²) in [6, 6.07) is 10.4. The van der Waals surface area contributed by atoms with E-state index in [1.54, 1.807) is 36.7 Å². The van der Waals surface area contributed by atoms with Crippen LogP contribution in [-0.2, 0) is 6.54 Å². The Morgan fingerprint density at radius 2 is 1.65 bits per heavy atom. The fraction of sp³-hybridized carbons (Fsp3) is 0.316. The van der Waals surface area contributed by atoms with Gasteiger partial charge in [0, 0.05) is 56.4 Å². The Kier molecular flexibility index (Phi) is 5.80. The molecule has 0 aliphatic carbocycles. The summed E-state index contributed by atoms with van der Waals surface area (Å²) in [6.07, 6.45) is 3.37. The zero-order valence-electron chi connectivity index (χ0n) is 14.8. The molecule has 7 heteroatoms. The van der Waals surface area contributed by atoms with Crippen LogP contribution in [0, 0.1) is 0 Å². The van der Waals surface area contributed by atoms with E-state index in [-0.39, 0.29) is 11.9 Å². The molecule has 1 aromatic heterocycles. The van der Waals surface area contributed by atoms with Gasteiger partial charge < -0.3 is 20.4 Å². The Morgan fingerprint density at radius 1 is 1.00 bits per heavy atom. The second-order valence-electron chi connectivity index (χ2n) is 6.34. The van der Waals surface area contributed by atoms with Gasteiger partial charge in [-0.15, -0.1) is 0 Å². The highest BCUT2D eigenvalue weighted by Crippen LogP contribution is 2.13. The molecule has 0 spiro atoms. The lowest BCUT2D eigenvalue weighted by Crippen LogP contribution is -2.47. The van der Waals surface area contributed by atoms with E-state index in [1.807, 2.05) is 17.0 Å². The van der Waals surface area contributed by atoms with Crippen LogP contribution in [-0.4, -0.2) is 59.9 Å². The quantitative estimate of drug-likeness (QED) is 0.879. The van der Waals surface area contributed by atoms with Gasteiger partial charge in [-0.2, -0.15) is 0 Å². The van der Waals surface area contributed by atoms with E-state index in [1.165, 1.54) is 0 Å². The van der Waals surface area contributed by atoms with Crippen molar-refractivity contribution >= 4 is 17.6 Å². The van der Waals surface area contributed by atoms with E-state index in [9.17, 15) is 9.59 Å². The molecule has 3 amide bonds. The molecule has 1 aliphatic rings. The molecule has 1 saturated heterocycles. The minimum Gasteiger partial charge on any atom is -0.336 e. The maximum absolute atomic E-state index is 12.5. The Morgan fingerprint density at radius 3 is 2.31 bits per heavy atom. The molecular weight excluding hydrogens is 330 g/mol. The predicted molar refractivity (Wildman–Crippen MR) is 99.9 cm³/mol. The van der Waals surface area contributed by atoms with Gasteiger partial charge in [0.05, 0.1) is 0 Å². The number of carbonyl (C=O) groups excluding carboxylic acids is 2. The first kappa shape index (κ1) is 17.9. The first-order chi connectivity index (χ1) is 12.6. The topological polar surface area (TPSA) is 77.6 Å². The van der Waals surface area contributed by atoms with Gasteiger partial charge in [-0.1, -0.05) is 0 Å². The van der Waals surface area contributed by atoms with Crippen LogP contribution in [0.25, 0.3) is 0 Å². The van der Waals surface area contributed by atoms with Crippen LogP contribution in [0.3, 0.4) is 0 Å². The molecule has 2 N–H and O–H groups in total. The number of nitrogens with zero attached hydrogens (tertiary/aromatic N) is 3. The lowest BCUT2D eigenvalue weighted by Gasteiger charge is -2.32. The van der Waals surface area contributed by atoms with Crippen LogP contribution in [0.4, 0.5) is 10.5 Å². The van der Waals surface area contributed by atoms with E-state index in [4.69, 9.17) is 0 Å². The molecule has 2 aromatic rings. The van der Waals surface area contributed by atoms with Gasteiger partial charge in [-0.3, -0.25) is 9.78 Å². The number of hydrogen-bond acceptors (Lipinski definition) is 4. The molecule has 7 nitrogen and oxygen atoms in total. The summed E-state index contributed by atoms with van der Waals surface area (Å²) in [6.45, 7) is 3.69. The van der Waals surface area contributed by atoms with Gasteiger partial charge >= 0.3 is 6.03 Å². The van der Waals surface area contributed by atoms with E-state index >= 15 is 0 Å². The van der Waals surface area contributed by atoms with Crippen molar-refractivity contribution in [3.63, 3.8) is 0 Å². The molecule has 0 unspecified atom stereocenters. The third-order valence-corrected chi connectivity index (χ3v) is 4.38. The standard InChI is InChI=1S/C19H23N5O2/c1-23-10-12-24(13-11-23)18(25)16-2-4-17(5-3-16)22-19(26)21-14-15-6-8-20-9-7-15/h2-9H,10-14H2,1H3,(H2,21,22,26). The Balaban J connectivity index is 1.51. The minimum absolute atomic E-state index is 0.0341. The number of benzene rings is 1. The van der Waals surface area contributed by atoms with Gasteiger partial charge in [-0.05, 0) is 49.0 Å². The molecule has 1 fully saturated rings. The van der Waals surface area contributed by atoms with Crippen molar-refractivity contribution in [1.82, 2.24) is 20.1 Å². The number of anilines is 1. The highest BCUT2D eigenvalue weighted by molar-refractivity contribution is 5.95. The summed E-state index contributed by atoms with van der Waals surface area (Å²) in [5.74, 6) is 0.0341. The van der Waals surface area contributed by atoms with Crippen molar-refractivity contribution < 1.29 is 9.59 Å². The smallest absolute Gasteiger partial charge is 0.319 e. The van der Waals surface area contributed by atoms with E-state index in [2.05, 4.69) is 27.6 Å². The summed E-state index contributed by atoms with van der Waals surface area (Å²) in [7, 11) is 2.06. The number of amides is 3. The Bertz CT molecular complexity index is 740. The number of piperazine rings is 1. The molecule has 1 aliphatic heterocycles. The molecule has 0 saturated carbocycles. The highest BCUT2D eigenvalue weighted by atomic mass is 16.2. The van der Waals surface area contributed by atoms with E-state index in [0.717, 1.165) is 31.7 Å². The Labute approximate surface area is 153 Å². The van der Waals surface area contributed by atoms with Gasteiger partial charge in [0.15, 0.2) is 0 Å². The SMILES string of the molecule is CN1CCN(C(=O)c2ccc(NC(=O)NCc3ccncc3)cc2)CC1. The number of aromatic nitrogens is 1. The predicted octanol–water partition coefficient (Wildman–Crippen LogP) is 1.79. The van der Waals surface area contributed by atoms with Crippen LogP contribution in [0.2, 0.25) is 0 Å². The normalized spacial score (nSPS) is 14.7. The number of carbonyl (C=O) groups is 2. The van der Waals surface area contributed by atoms with Crippen LogP contribution < -0.4 is 10.6 Å². The molecule has 0 radical (unpaired) electrons. The molecule has 0 bridgehead atoms. The van der Waals surface area contributed by atoms with Gasteiger partial charge in [0.1, 0.15) is 0 Å². The van der Waals surface area contributed by atoms with Crippen molar-refractivity contribution in [1.29, 1.82) is 0 Å². The fourth-order valence-electron chi connectivity index (χ4n) is 2.75. The molecule has 3 rings (SSSR count). The van der Waals surface area contributed by atoms with Crippen molar-refractivity contribution in [2.45, 2.75) is 6.54 Å². The third-order valence-electron chi connectivity index (χ3n) is 4.38. The van der Waals surface area contributed by atoms with Crippen LogP contribution in [0.5, 0.6) is 0 Å². The minimum atomic E-state index is -0.292. The van der Waals surface area contributed by atoms with Crippen LogP contribution >= 0.6 is 0 Å². The molecule has 26 heavy (non-hydrogen) atoms. The number of hydrogen-bond donors (Lipinski definition) is 2. The average Bonchev–Trinajstić information content (AvgIpc) is 2.68. The molecular formula is C19H23N5O2. The summed E-state index contributed by atoms with van der Waals surface area (Å²) < 4.78 is 0. The maximum atomic E-state index is 12.5. The lowest BCUT2D eigenvalue weighted by molar-refractivity contribution is 0.0664. The Hall–Kier alpha value is -2.93. The second kappa shape index (κ2) is 8.44. The third kappa shape index (κ3) is 4.80. The number of nitrogens with one attached hydrogen (secondary N) is 2. The number of urea groups is 1. The van der Waals surface area contributed by atoms with Crippen molar-refractivity contribution in [2.24, 2.45) is 0 Å². The van der Waals surface area contributed by atoms with Crippen molar-refractivity contribution in [3.05, 3.63) is 59.9 Å². The fourth-order valence-corrected chi connectivity index (χ4v) is 2.75. The highest BCUT2D eigenvalue weighted by Gasteiger charge is 2.20. The summed E-state index contributed by atoms with van der Waals surface area (Å²) in [5, 5.41) is 5.55. The zero-order chi connectivity index (χ0) is 18.4. The maximum Gasteiger partial charge on any atom is 0.319 e. The lowest BCUT2D eigenvalue weighted by atomic mass is 10.1. The summed E-state index contributed by atoms with van der Waals surface area (Å²) >= 11 is 0. The van der Waals surface area contributed by atoms with Crippen molar-refractivity contribution in [2.75, 3.05) is 38.5 Å². The molecule has 0 atom stereocenters. The first-order valence-electron chi connectivity index (χ1n) is 8.63. The summed E-state index contributed by atoms with van der Waals surface area (Å²) in [4.78, 5) is 32.5. The monoisotopic (exact) mass is 353 g/mol. The number of pyridine rings is 1. The molecule has 1 aromatic carbocycles. The van der Waals surface area contributed by atoms with Crippen LogP contribution in [0.15, 0.2) is 48.8 Å². The average molecular weight is 353 g/mol. The van der Waals surface area contributed by atoms with E-state index < -0.39 is 0 Å². The first-order valence-corrected chi connectivity index (χ1v) is 8.63. The number of likely N-dealkylation sites (N-methyl/N-ethyl adjacent to an activating group) is 1.